The van der Waals surface area contributed by atoms with Crippen LogP contribution < -0.4 is 5.73 Å². The van der Waals surface area contributed by atoms with Gasteiger partial charge in [0.1, 0.15) is 0 Å². The zero-order chi connectivity index (χ0) is 14.7. The minimum Gasteiger partial charge on any atom is -0.340 e. The molecular formula is C16H32N2O. The topological polar surface area (TPSA) is 46.3 Å². The summed E-state index contributed by atoms with van der Waals surface area (Å²) in [5.41, 5.74) is 6.18. The highest BCUT2D eigenvalue weighted by Gasteiger charge is 2.37. The molecule has 4 atom stereocenters. The van der Waals surface area contributed by atoms with Crippen molar-refractivity contribution in [1.82, 2.24) is 4.90 Å². The van der Waals surface area contributed by atoms with Crippen molar-refractivity contribution < 1.29 is 4.79 Å². The van der Waals surface area contributed by atoms with Gasteiger partial charge in [-0.15, -0.1) is 0 Å². The van der Waals surface area contributed by atoms with Gasteiger partial charge in [0.05, 0.1) is 0 Å². The Labute approximate surface area is 118 Å². The molecule has 0 aromatic carbocycles. The summed E-state index contributed by atoms with van der Waals surface area (Å²) in [4.78, 5) is 14.9. The third-order valence-corrected chi connectivity index (χ3v) is 4.47. The highest BCUT2D eigenvalue weighted by atomic mass is 16.2. The Morgan fingerprint density at radius 3 is 2.21 bits per heavy atom. The van der Waals surface area contributed by atoms with Gasteiger partial charge in [-0.3, -0.25) is 4.79 Å². The van der Waals surface area contributed by atoms with Gasteiger partial charge in [0.2, 0.25) is 5.91 Å². The first-order valence-electron chi connectivity index (χ1n) is 7.80. The first-order valence-corrected chi connectivity index (χ1v) is 7.80. The molecule has 1 rings (SSSR count). The molecule has 3 nitrogen and oxygen atoms in total. The van der Waals surface area contributed by atoms with Crippen LogP contribution in [0.1, 0.15) is 54.4 Å². The molecule has 0 bridgehead atoms. The van der Waals surface area contributed by atoms with Crippen molar-refractivity contribution in [2.75, 3.05) is 6.54 Å². The fraction of sp³-hybridized carbons (Fsp3) is 0.938. The van der Waals surface area contributed by atoms with Gasteiger partial charge in [-0.25, -0.2) is 0 Å². The summed E-state index contributed by atoms with van der Waals surface area (Å²) in [6, 6.07) is 0.455. The van der Waals surface area contributed by atoms with Gasteiger partial charge in [0.25, 0.3) is 0 Å². The van der Waals surface area contributed by atoms with Gasteiger partial charge in [0, 0.05) is 24.5 Å². The Balaban J connectivity index is 2.78. The second-order valence-electron chi connectivity index (χ2n) is 7.17. The number of carbonyl (C=O) groups is 1. The molecule has 1 aliphatic carbocycles. The van der Waals surface area contributed by atoms with Gasteiger partial charge in [0.15, 0.2) is 0 Å². The van der Waals surface area contributed by atoms with Crippen molar-refractivity contribution in [3.8, 4) is 0 Å². The molecule has 0 heterocycles. The summed E-state index contributed by atoms with van der Waals surface area (Å²) in [7, 11) is 0. The normalized spacial score (nSPS) is 31.8. The Bertz CT molecular complexity index is 301. The van der Waals surface area contributed by atoms with Gasteiger partial charge in [-0.1, -0.05) is 27.7 Å². The third-order valence-electron chi connectivity index (χ3n) is 4.47. The van der Waals surface area contributed by atoms with Crippen LogP contribution in [0.15, 0.2) is 0 Å². The largest absolute Gasteiger partial charge is 0.340 e. The van der Waals surface area contributed by atoms with Crippen LogP contribution in [0.5, 0.6) is 0 Å². The molecule has 0 spiro atoms. The second kappa shape index (κ2) is 6.74. The lowest BCUT2D eigenvalue weighted by atomic mass is 9.72. The lowest BCUT2D eigenvalue weighted by molar-refractivity contribution is -0.141. The molecule has 0 aromatic heterocycles. The predicted octanol–water partition coefficient (Wildman–Crippen LogP) is 2.89. The molecule has 112 valence electrons. The van der Waals surface area contributed by atoms with Gasteiger partial charge >= 0.3 is 0 Å². The van der Waals surface area contributed by atoms with Crippen molar-refractivity contribution in [3.63, 3.8) is 0 Å². The Morgan fingerprint density at radius 2 is 1.74 bits per heavy atom. The number of nitrogens with two attached hydrogens (primary N) is 1. The first-order chi connectivity index (χ1) is 8.73. The van der Waals surface area contributed by atoms with E-state index in [9.17, 15) is 4.79 Å². The molecule has 4 unspecified atom stereocenters. The highest BCUT2D eigenvalue weighted by molar-refractivity contribution is 5.79. The monoisotopic (exact) mass is 268 g/mol. The van der Waals surface area contributed by atoms with E-state index in [1.807, 2.05) is 0 Å². The number of hydrogen-bond acceptors (Lipinski definition) is 2. The average Bonchev–Trinajstić information content (AvgIpc) is 2.29. The Kier molecular flexibility index (Phi) is 5.84. The molecule has 1 saturated carbocycles. The van der Waals surface area contributed by atoms with E-state index in [4.69, 9.17) is 5.73 Å². The molecule has 0 radical (unpaired) electrons. The van der Waals surface area contributed by atoms with Crippen LogP contribution in [0.3, 0.4) is 0 Å². The van der Waals surface area contributed by atoms with Crippen LogP contribution in [0.25, 0.3) is 0 Å². The Morgan fingerprint density at radius 1 is 1.16 bits per heavy atom. The van der Waals surface area contributed by atoms with E-state index in [1.54, 1.807) is 0 Å². The fourth-order valence-electron chi connectivity index (χ4n) is 3.19. The molecule has 1 aliphatic rings. The second-order valence-corrected chi connectivity index (χ2v) is 7.17. The maximum atomic E-state index is 12.8. The third kappa shape index (κ3) is 4.20. The van der Waals surface area contributed by atoms with E-state index >= 15 is 0 Å². The van der Waals surface area contributed by atoms with Gasteiger partial charge in [-0.2, -0.15) is 0 Å². The summed E-state index contributed by atoms with van der Waals surface area (Å²) in [6.45, 7) is 13.8. The van der Waals surface area contributed by atoms with Crippen LogP contribution in [0.2, 0.25) is 0 Å². The fourth-order valence-corrected chi connectivity index (χ4v) is 3.19. The zero-order valence-electron chi connectivity index (χ0n) is 13.5. The Hall–Kier alpha value is -0.570. The molecule has 0 aromatic rings. The van der Waals surface area contributed by atoms with Crippen molar-refractivity contribution in [1.29, 1.82) is 0 Å². The minimum atomic E-state index is 0.118. The number of nitrogens with zero attached hydrogens (tertiary/aromatic N) is 1. The maximum absolute atomic E-state index is 12.8. The zero-order valence-corrected chi connectivity index (χ0v) is 13.5. The van der Waals surface area contributed by atoms with E-state index in [0.717, 1.165) is 19.4 Å². The van der Waals surface area contributed by atoms with E-state index < -0.39 is 0 Å². The van der Waals surface area contributed by atoms with Crippen LogP contribution in [0.4, 0.5) is 0 Å². The van der Waals surface area contributed by atoms with E-state index in [2.05, 4.69) is 46.4 Å². The van der Waals surface area contributed by atoms with Crippen molar-refractivity contribution in [2.24, 2.45) is 29.4 Å². The summed E-state index contributed by atoms with van der Waals surface area (Å²) in [5.74, 6) is 1.94. The SMILES string of the molecule is CC(C)CN(C(=O)C1CC(N)C(C)CC1C)C(C)C. The molecule has 19 heavy (non-hydrogen) atoms. The maximum Gasteiger partial charge on any atom is 0.226 e. The number of rotatable bonds is 4. The molecular weight excluding hydrogens is 236 g/mol. The molecule has 1 amide bonds. The average molecular weight is 268 g/mol. The van der Waals surface area contributed by atoms with Crippen molar-refractivity contribution >= 4 is 5.91 Å². The summed E-state index contributed by atoms with van der Waals surface area (Å²) in [5, 5.41) is 0. The number of carbonyl (C=O) groups excluding carboxylic acids is 1. The summed E-state index contributed by atoms with van der Waals surface area (Å²) >= 11 is 0. The van der Waals surface area contributed by atoms with Crippen molar-refractivity contribution in [3.05, 3.63) is 0 Å². The van der Waals surface area contributed by atoms with E-state index in [1.165, 1.54) is 0 Å². The predicted molar refractivity (Wildman–Crippen MR) is 80.7 cm³/mol. The summed E-state index contributed by atoms with van der Waals surface area (Å²) in [6.07, 6.45) is 1.92. The van der Waals surface area contributed by atoms with Gasteiger partial charge < -0.3 is 10.6 Å². The quantitative estimate of drug-likeness (QED) is 0.852. The van der Waals surface area contributed by atoms with Gasteiger partial charge in [-0.05, 0) is 44.4 Å². The van der Waals surface area contributed by atoms with Crippen LogP contribution in [-0.4, -0.2) is 29.4 Å². The lowest BCUT2D eigenvalue weighted by Crippen LogP contribution is -2.49. The highest BCUT2D eigenvalue weighted by Crippen LogP contribution is 2.34. The molecule has 3 heteroatoms. The smallest absolute Gasteiger partial charge is 0.226 e. The van der Waals surface area contributed by atoms with Crippen LogP contribution >= 0.6 is 0 Å². The number of amides is 1. The summed E-state index contributed by atoms with van der Waals surface area (Å²) < 4.78 is 0. The number of hydrogen-bond donors (Lipinski definition) is 1. The molecule has 0 aliphatic heterocycles. The standard InChI is InChI=1S/C16H32N2O/c1-10(2)9-18(11(3)4)16(19)14-8-15(17)13(6)7-12(14)5/h10-15H,7-9,17H2,1-6H3. The van der Waals surface area contributed by atoms with Crippen molar-refractivity contribution in [2.45, 2.75) is 66.5 Å². The van der Waals surface area contributed by atoms with E-state index in [-0.39, 0.29) is 18.0 Å². The lowest BCUT2D eigenvalue weighted by Gasteiger charge is -2.40. The molecule has 0 saturated heterocycles. The molecule has 1 fully saturated rings. The first kappa shape index (κ1) is 16.5. The van der Waals surface area contributed by atoms with Crippen LogP contribution in [0, 0.1) is 23.7 Å². The van der Waals surface area contributed by atoms with E-state index in [0.29, 0.717) is 23.7 Å². The molecule has 2 N–H and O–H groups in total. The minimum absolute atomic E-state index is 0.118. The van der Waals surface area contributed by atoms with Crippen LogP contribution in [-0.2, 0) is 4.79 Å².